The minimum atomic E-state index is 0.0321. The van der Waals surface area contributed by atoms with Gasteiger partial charge in [-0.3, -0.25) is 10.3 Å². The molecule has 1 aliphatic rings. The molecule has 2 unspecified atom stereocenters. The van der Waals surface area contributed by atoms with Gasteiger partial charge in [0.1, 0.15) is 11.6 Å². The predicted molar refractivity (Wildman–Crippen MR) is 83.9 cm³/mol. The van der Waals surface area contributed by atoms with Gasteiger partial charge in [-0.25, -0.2) is 0 Å². The Balaban J connectivity index is 2.08. The molecule has 0 radical (unpaired) electrons. The van der Waals surface area contributed by atoms with E-state index in [0.717, 1.165) is 26.1 Å². The van der Waals surface area contributed by atoms with Crippen LogP contribution in [0.3, 0.4) is 0 Å². The molecule has 1 saturated heterocycles. The first-order valence-electron chi connectivity index (χ1n) is 7.31. The zero-order valence-electron chi connectivity index (χ0n) is 13.1. The summed E-state index contributed by atoms with van der Waals surface area (Å²) < 4.78 is 10.9. The van der Waals surface area contributed by atoms with Crippen molar-refractivity contribution in [2.45, 2.75) is 26.0 Å². The minimum Gasteiger partial charge on any atom is -0.496 e. The maximum absolute atomic E-state index is 7.55. The molecular formula is C16H25N3O2. The molecule has 1 heterocycles. The number of amidine groups is 1. The molecule has 0 aromatic heterocycles. The molecule has 3 N–H and O–H groups in total. The lowest BCUT2D eigenvalue weighted by Crippen LogP contribution is -2.43. The monoisotopic (exact) mass is 291 g/mol. The van der Waals surface area contributed by atoms with Crippen molar-refractivity contribution in [1.82, 2.24) is 4.90 Å². The molecule has 2 rings (SSSR count). The molecule has 1 aromatic rings. The summed E-state index contributed by atoms with van der Waals surface area (Å²) in [5.74, 6) is 1.30. The Morgan fingerprint density at radius 2 is 2.19 bits per heavy atom. The fraction of sp³-hybridized carbons (Fsp3) is 0.562. The van der Waals surface area contributed by atoms with Gasteiger partial charge in [-0.1, -0.05) is 13.0 Å². The number of nitrogens with zero attached hydrogens (tertiary/aromatic N) is 1. The number of rotatable bonds is 5. The van der Waals surface area contributed by atoms with E-state index in [1.165, 1.54) is 5.56 Å². The van der Waals surface area contributed by atoms with E-state index in [4.69, 9.17) is 20.6 Å². The van der Waals surface area contributed by atoms with Gasteiger partial charge in [0.05, 0.1) is 18.8 Å². The summed E-state index contributed by atoms with van der Waals surface area (Å²) in [6.45, 7) is 5.14. The maximum atomic E-state index is 7.55. The number of nitrogen functional groups attached to an aromatic ring is 1. The highest BCUT2D eigenvalue weighted by Gasteiger charge is 2.26. The Bertz CT molecular complexity index is 504. The van der Waals surface area contributed by atoms with Crippen LogP contribution in [0, 0.1) is 11.3 Å². The quantitative estimate of drug-likeness (QED) is 0.641. The van der Waals surface area contributed by atoms with E-state index in [1.807, 2.05) is 18.2 Å². The standard InChI is InChI=1S/C16H25N3O2/c1-11-6-7-19(10-15(11)21-3)9-12-4-5-13(16(17)18)14(8-12)20-2/h4-5,8,11,15H,6-7,9-10H2,1-3H3,(H3,17,18). The fourth-order valence-electron chi connectivity index (χ4n) is 2.86. The fourth-order valence-corrected chi connectivity index (χ4v) is 2.86. The summed E-state index contributed by atoms with van der Waals surface area (Å²) in [7, 11) is 3.39. The number of likely N-dealkylation sites (tertiary alicyclic amines) is 1. The van der Waals surface area contributed by atoms with E-state index in [2.05, 4.69) is 11.8 Å². The van der Waals surface area contributed by atoms with Crippen molar-refractivity contribution in [3.8, 4) is 5.75 Å². The van der Waals surface area contributed by atoms with Crippen LogP contribution >= 0.6 is 0 Å². The highest BCUT2D eigenvalue weighted by atomic mass is 16.5. The van der Waals surface area contributed by atoms with Gasteiger partial charge in [0.25, 0.3) is 0 Å². The molecule has 5 heteroatoms. The third kappa shape index (κ3) is 3.74. The summed E-state index contributed by atoms with van der Waals surface area (Å²) in [5.41, 5.74) is 7.36. The largest absolute Gasteiger partial charge is 0.496 e. The van der Waals surface area contributed by atoms with Crippen LogP contribution in [0.5, 0.6) is 5.75 Å². The molecule has 1 aromatic carbocycles. The van der Waals surface area contributed by atoms with Crippen LogP contribution in [0.4, 0.5) is 0 Å². The SMILES string of the molecule is COc1cc(CN2CCC(C)C(OC)C2)ccc1C(=N)N. The van der Waals surface area contributed by atoms with E-state index in [-0.39, 0.29) is 5.84 Å². The first-order valence-corrected chi connectivity index (χ1v) is 7.31. The van der Waals surface area contributed by atoms with Crippen LogP contribution in [0.25, 0.3) is 0 Å². The number of benzene rings is 1. The van der Waals surface area contributed by atoms with Gasteiger partial charge in [0, 0.05) is 20.2 Å². The summed E-state index contributed by atoms with van der Waals surface area (Å²) in [5, 5.41) is 7.55. The second-order valence-electron chi connectivity index (χ2n) is 5.72. The molecule has 21 heavy (non-hydrogen) atoms. The molecule has 0 aliphatic carbocycles. The molecule has 1 aliphatic heterocycles. The number of hydrogen-bond donors (Lipinski definition) is 2. The lowest BCUT2D eigenvalue weighted by Gasteiger charge is -2.36. The van der Waals surface area contributed by atoms with E-state index < -0.39 is 0 Å². The number of nitrogens with two attached hydrogens (primary N) is 1. The van der Waals surface area contributed by atoms with Gasteiger partial charge in [0.2, 0.25) is 0 Å². The molecule has 0 saturated carbocycles. The summed E-state index contributed by atoms with van der Waals surface area (Å²) >= 11 is 0. The molecule has 1 fully saturated rings. The molecule has 0 spiro atoms. The smallest absolute Gasteiger partial charge is 0.130 e. The molecule has 5 nitrogen and oxygen atoms in total. The Morgan fingerprint density at radius 1 is 1.43 bits per heavy atom. The first-order chi connectivity index (χ1) is 10.0. The van der Waals surface area contributed by atoms with Gasteiger partial charge in [-0.15, -0.1) is 0 Å². The van der Waals surface area contributed by atoms with Gasteiger partial charge >= 0.3 is 0 Å². The van der Waals surface area contributed by atoms with Crippen molar-refractivity contribution in [2.75, 3.05) is 27.3 Å². The maximum Gasteiger partial charge on any atom is 0.130 e. The lowest BCUT2D eigenvalue weighted by atomic mass is 9.95. The Kier molecular flexibility index (Phi) is 5.20. The zero-order chi connectivity index (χ0) is 15.4. The number of methoxy groups -OCH3 is 2. The van der Waals surface area contributed by atoms with Crippen molar-refractivity contribution in [3.63, 3.8) is 0 Å². The average molecular weight is 291 g/mol. The van der Waals surface area contributed by atoms with Crippen LogP contribution in [-0.4, -0.2) is 44.1 Å². The van der Waals surface area contributed by atoms with Crippen molar-refractivity contribution in [2.24, 2.45) is 11.7 Å². The van der Waals surface area contributed by atoms with Crippen LogP contribution in [0.2, 0.25) is 0 Å². The van der Waals surface area contributed by atoms with Crippen molar-refractivity contribution >= 4 is 5.84 Å². The molecule has 0 bridgehead atoms. The predicted octanol–water partition coefficient (Wildman–Crippen LogP) is 1.84. The molecule has 116 valence electrons. The normalized spacial score (nSPS) is 23.0. The van der Waals surface area contributed by atoms with Crippen molar-refractivity contribution in [3.05, 3.63) is 29.3 Å². The number of piperidine rings is 1. The van der Waals surface area contributed by atoms with Crippen molar-refractivity contribution < 1.29 is 9.47 Å². The summed E-state index contributed by atoms with van der Waals surface area (Å²) in [6.07, 6.45) is 1.46. The second-order valence-corrected chi connectivity index (χ2v) is 5.72. The van der Waals surface area contributed by atoms with Gasteiger partial charge < -0.3 is 15.2 Å². The molecule has 2 atom stereocenters. The summed E-state index contributed by atoms with van der Waals surface area (Å²) in [6, 6.07) is 5.84. The number of hydrogen-bond acceptors (Lipinski definition) is 4. The van der Waals surface area contributed by atoms with Crippen LogP contribution in [-0.2, 0) is 11.3 Å². The van der Waals surface area contributed by atoms with Crippen LogP contribution < -0.4 is 10.5 Å². The number of nitrogens with one attached hydrogen (secondary N) is 1. The number of ether oxygens (including phenoxy) is 2. The third-order valence-corrected chi connectivity index (χ3v) is 4.24. The lowest BCUT2D eigenvalue weighted by molar-refractivity contribution is -0.00746. The topological polar surface area (TPSA) is 71.6 Å². The average Bonchev–Trinajstić information content (AvgIpc) is 2.48. The summed E-state index contributed by atoms with van der Waals surface area (Å²) in [4.78, 5) is 2.40. The Labute approximate surface area is 126 Å². The van der Waals surface area contributed by atoms with Gasteiger partial charge in [-0.05, 0) is 36.6 Å². The van der Waals surface area contributed by atoms with Crippen LogP contribution in [0.1, 0.15) is 24.5 Å². The Morgan fingerprint density at radius 3 is 2.81 bits per heavy atom. The van der Waals surface area contributed by atoms with Crippen molar-refractivity contribution in [1.29, 1.82) is 5.41 Å². The third-order valence-electron chi connectivity index (χ3n) is 4.24. The molecular weight excluding hydrogens is 266 g/mol. The zero-order valence-corrected chi connectivity index (χ0v) is 13.1. The van der Waals surface area contributed by atoms with Crippen LogP contribution in [0.15, 0.2) is 18.2 Å². The minimum absolute atomic E-state index is 0.0321. The molecule has 0 amide bonds. The highest BCUT2D eigenvalue weighted by molar-refractivity contribution is 5.97. The highest BCUT2D eigenvalue weighted by Crippen LogP contribution is 2.24. The van der Waals surface area contributed by atoms with Gasteiger partial charge in [-0.2, -0.15) is 0 Å². The Hall–Kier alpha value is -1.59. The van der Waals surface area contributed by atoms with Gasteiger partial charge in [0.15, 0.2) is 0 Å². The van der Waals surface area contributed by atoms with E-state index >= 15 is 0 Å². The van der Waals surface area contributed by atoms with E-state index in [0.29, 0.717) is 23.3 Å². The second kappa shape index (κ2) is 6.91. The van der Waals surface area contributed by atoms with E-state index in [1.54, 1.807) is 14.2 Å². The van der Waals surface area contributed by atoms with E-state index in [9.17, 15) is 0 Å². The first kappa shape index (κ1) is 15.8.